The van der Waals surface area contributed by atoms with Crippen LogP contribution in [0.15, 0.2) is 22.7 Å². The van der Waals surface area contributed by atoms with E-state index in [0.717, 1.165) is 23.3 Å². The Morgan fingerprint density at radius 3 is 2.55 bits per heavy atom. The zero-order chi connectivity index (χ0) is 20.6. The molecule has 2 fully saturated rings. The summed E-state index contributed by atoms with van der Waals surface area (Å²) in [5.74, 6) is 1.84. The van der Waals surface area contributed by atoms with Crippen molar-refractivity contribution in [3.05, 3.63) is 33.3 Å². The molecular formula is C24H36BrClN2O. The maximum Gasteiger partial charge on any atom is 0.219 e. The van der Waals surface area contributed by atoms with Gasteiger partial charge in [-0.1, -0.05) is 34.5 Å². The van der Waals surface area contributed by atoms with E-state index in [1.807, 2.05) is 13.0 Å². The fraction of sp³-hybridized carbons (Fsp3) is 0.708. The standard InChI is InChI=1S/C24H36BrClN2O/c1-2-24(29)27-22-8-5-18(6-9-22)4-3-13-28-14-11-19(12-15-28)16-20-17-21(26)7-10-23(20)25/h7,10,17-19,22H,2-6,8-9,11-16H2,1H3,(H,27,29)/t18-,22-. The van der Waals surface area contributed by atoms with E-state index in [2.05, 4.69) is 38.3 Å². The molecule has 1 aliphatic heterocycles. The summed E-state index contributed by atoms with van der Waals surface area (Å²) in [5, 5.41) is 4.00. The number of likely N-dealkylation sites (tertiary alicyclic amines) is 1. The van der Waals surface area contributed by atoms with Crippen LogP contribution in [-0.2, 0) is 11.2 Å². The maximum absolute atomic E-state index is 11.5. The van der Waals surface area contributed by atoms with Gasteiger partial charge in [0.1, 0.15) is 0 Å². The molecule has 29 heavy (non-hydrogen) atoms. The molecule has 162 valence electrons. The van der Waals surface area contributed by atoms with E-state index in [1.165, 1.54) is 81.0 Å². The molecular weight excluding hydrogens is 448 g/mol. The van der Waals surface area contributed by atoms with Gasteiger partial charge in [0.15, 0.2) is 0 Å². The normalized spacial score (nSPS) is 23.8. The first-order valence-electron chi connectivity index (χ1n) is 11.5. The minimum atomic E-state index is 0.208. The molecule has 0 radical (unpaired) electrons. The Morgan fingerprint density at radius 1 is 1.14 bits per heavy atom. The van der Waals surface area contributed by atoms with Crippen LogP contribution < -0.4 is 5.32 Å². The average molecular weight is 484 g/mol. The van der Waals surface area contributed by atoms with E-state index in [1.54, 1.807) is 0 Å². The first-order chi connectivity index (χ1) is 14.0. The van der Waals surface area contributed by atoms with Gasteiger partial charge in [-0.3, -0.25) is 4.79 Å². The summed E-state index contributed by atoms with van der Waals surface area (Å²) >= 11 is 9.84. The molecule has 1 aromatic carbocycles. The lowest BCUT2D eigenvalue weighted by atomic mass is 9.83. The van der Waals surface area contributed by atoms with Gasteiger partial charge in [-0.05, 0) is 113 Å². The lowest BCUT2D eigenvalue weighted by molar-refractivity contribution is -0.121. The molecule has 1 saturated heterocycles. The molecule has 5 heteroatoms. The summed E-state index contributed by atoms with van der Waals surface area (Å²) in [7, 11) is 0. The first kappa shape index (κ1) is 23.1. The van der Waals surface area contributed by atoms with Crippen molar-refractivity contribution in [1.29, 1.82) is 0 Å². The summed E-state index contributed by atoms with van der Waals surface area (Å²) in [6.07, 6.45) is 11.9. The van der Waals surface area contributed by atoms with E-state index in [4.69, 9.17) is 11.6 Å². The third kappa shape index (κ3) is 7.56. The highest BCUT2D eigenvalue weighted by Crippen LogP contribution is 2.30. The van der Waals surface area contributed by atoms with Gasteiger partial charge in [0, 0.05) is 22.0 Å². The number of hydrogen-bond donors (Lipinski definition) is 1. The van der Waals surface area contributed by atoms with Crippen molar-refractivity contribution in [1.82, 2.24) is 10.2 Å². The molecule has 0 aromatic heterocycles. The number of nitrogens with one attached hydrogen (secondary N) is 1. The second kappa shape index (κ2) is 11.7. The fourth-order valence-corrected chi connectivity index (χ4v) is 5.56. The number of benzene rings is 1. The van der Waals surface area contributed by atoms with Gasteiger partial charge in [0.05, 0.1) is 0 Å². The van der Waals surface area contributed by atoms with Crippen molar-refractivity contribution < 1.29 is 4.79 Å². The summed E-state index contributed by atoms with van der Waals surface area (Å²) < 4.78 is 1.19. The molecule has 0 atom stereocenters. The third-order valence-electron chi connectivity index (χ3n) is 6.84. The molecule has 3 rings (SSSR count). The van der Waals surface area contributed by atoms with Crippen LogP contribution in [0.1, 0.15) is 70.3 Å². The molecule has 1 saturated carbocycles. The zero-order valence-electron chi connectivity index (χ0n) is 17.8. The Hall–Kier alpha value is -0.580. The molecule has 1 heterocycles. The van der Waals surface area contributed by atoms with Crippen LogP contribution in [0.4, 0.5) is 0 Å². The average Bonchev–Trinajstić information content (AvgIpc) is 2.73. The van der Waals surface area contributed by atoms with E-state index in [-0.39, 0.29) is 5.91 Å². The highest BCUT2D eigenvalue weighted by molar-refractivity contribution is 9.10. The van der Waals surface area contributed by atoms with E-state index < -0.39 is 0 Å². The van der Waals surface area contributed by atoms with Gasteiger partial charge < -0.3 is 10.2 Å². The van der Waals surface area contributed by atoms with Crippen LogP contribution in [0.2, 0.25) is 5.02 Å². The van der Waals surface area contributed by atoms with Crippen LogP contribution in [0.25, 0.3) is 0 Å². The van der Waals surface area contributed by atoms with E-state index in [0.29, 0.717) is 12.5 Å². The predicted octanol–water partition coefficient (Wildman–Crippen LogP) is 6.22. The molecule has 0 spiro atoms. The molecule has 3 nitrogen and oxygen atoms in total. The Morgan fingerprint density at radius 2 is 1.86 bits per heavy atom. The minimum absolute atomic E-state index is 0.208. The van der Waals surface area contributed by atoms with Crippen molar-refractivity contribution in [2.24, 2.45) is 11.8 Å². The number of rotatable bonds is 8. The topological polar surface area (TPSA) is 32.3 Å². The Balaban J connectivity index is 1.29. The van der Waals surface area contributed by atoms with Gasteiger partial charge in [-0.25, -0.2) is 0 Å². The number of nitrogens with zero attached hydrogens (tertiary/aromatic N) is 1. The van der Waals surface area contributed by atoms with Crippen molar-refractivity contribution in [2.45, 2.75) is 77.2 Å². The second-order valence-corrected chi connectivity index (χ2v) is 10.3. The molecule has 0 bridgehead atoms. The Bertz CT molecular complexity index is 652. The highest BCUT2D eigenvalue weighted by Gasteiger charge is 2.23. The number of hydrogen-bond acceptors (Lipinski definition) is 2. The summed E-state index contributed by atoms with van der Waals surface area (Å²) in [4.78, 5) is 14.2. The minimum Gasteiger partial charge on any atom is -0.353 e. The zero-order valence-corrected chi connectivity index (χ0v) is 20.1. The summed E-state index contributed by atoms with van der Waals surface area (Å²) in [6.45, 7) is 5.65. The second-order valence-electron chi connectivity index (χ2n) is 9.01. The molecule has 1 N–H and O–H groups in total. The number of piperidine rings is 1. The van der Waals surface area contributed by atoms with Crippen molar-refractivity contribution in [2.75, 3.05) is 19.6 Å². The molecule has 1 amide bonds. The largest absolute Gasteiger partial charge is 0.353 e. The summed E-state index contributed by atoms with van der Waals surface area (Å²) in [6, 6.07) is 6.56. The van der Waals surface area contributed by atoms with Gasteiger partial charge in [-0.15, -0.1) is 0 Å². The maximum atomic E-state index is 11.5. The molecule has 0 unspecified atom stereocenters. The fourth-order valence-electron chi connectivity index (χ4n) is 4.95. The van der Waals surface area contributed by atoms with Crippen LogP contribution in [0, 0.1) is 11.8 Å². The summed E-state index contributed by atoms with van der Waals surface area (Å²) in [5.41, 5.74) is 1.35. The quantitative estimate of drug-likeness (QED) is 0.476. The molecule has 1 aromatic rings. The Labute approximate surface area is 190 Å². The number of amides is 1. The van der Waals surface area contributed by atoms with E-state index >= 15 is 0 Å². The van der Waals surface area contributed by atoms with Gasteiger partial charge in [0.25, 0.3) is 0 Å². The SMILES string of the molecule is CCC(=O)N[C@H]1CC[C@H](CCCN2CCC(Cc3cc(Cl)ccc3Br)CC2)CC1. The van der Waals surface area contributed by atoms with Gasteiger partial charge in [-0.2, -0.15) is 0 Å². The molecule has 2 aliphatic rings. The Kier molecular flexibility index (Phi) is 9.33. The number of carbonyl (C=O) groups excluding carboxylic acids is 1. The van der Waals surface area contributed by atoms with Gasteiger partial charge in [0.2, 0.25) is 5.91 Å². The lowest BCUT2D eigenvalue weighted by Gasteiger charge is -2.33. The van der Waals surface area contributed by atoms with E-state index in [9.17, 15) is 4.79 Å². The number of carbonyl (C=O) groups is 1. The van der Waals surface area contributed by atoms with Crippen LogP contribution in [-0.4, -0.2) is 36.5 Å². The van der Waals surface area contributed by atoms with Crippen molar-refractivity contribution in [3.8, 4) is 0 Å². The first-order valence-corrected chi connectivity index (χ1v) is 12.7. The smallest absolute Gasteiger partial charge is 0.219 e. The number of halogens is 2. The third-order valence-corrected chi connectivity index (χ3v) is 7.85. The van der Waals surface area contributed by atoms with Crippen molar-refractivity contribution >= 4 is 33.4 Å². The molecule has 1 aliphatic carbocycles. The predicted molar refractivity (Wildman–Crippen MR) is 125 cm³/mol. The lowest BCUT2D eigenvalue weighted by Crippen LogP contribution is -2.37. The van der Waals surface area contributed by atoms with Crippen LogP contribution >= 0.6 is 27.5 Å². The van der Waals surface area contributed by atoms with Crippen molar-refractivity contribution in [3.63, 3.8) is 0 Å². The highest BCUT2D eigenvalue weighted by atomic mass is 79.9. The van der Waals surface area contributed by atoms with Crippen LogP contribution in [0.5, 0.6) is 0 Å². The van der Waals surface area contributed by atoms with Gasteiger partial charge >= 0.3 is 0 Å². The van der Waals surface area contributed by atoms with Crippen LogP contribution in [0.3, 0.4) is 0 Å². The monoisotopic (exact) mass is 482 g/mol.